The molecule has 0 unspecified atom stereocenters. The Morgan fingerprint density at radius 1 is 1.53 bits per heavy atom. The van der Waals surface area contributed by atoms with Crippen LogP contribution in [0.5, 0.6) is 0 Å². The first-order valence-electron chi connectivity index (χ1n) is 4.78. The minimum atomic E-state index is -0.229. The van der Waals surface area contributed by atoms with Gasteiger partial charge in [-0.05, 0) is 39.5 Å². The average Bonchev–Trinajstić information content (AvgIpc) is 2.72. The Bertz CT molecular complexity index is 544. The van der Waals surface area contributed by atoms with Crippen LogP contribution in [0.1, 0.15) is 15.4 Å². The summed E-state index contributed by atoms with van der Waals surface area (Å²) < 4.78 is 1.00. The number of rotatable bonds is 3. The number of halogens is 2. The van der Waals surface area contributed by atoms with E-state index < -0.39 is 0 Å². The molecule has 17 heavy (non-hydrogen) atoms. The van der Waals surface area contributed by atoms with Gasteiger partial charge in [0.1, 0.15) is 5.69 Å². The van der Waals surface area contributed by atoms with Gasteiger partial charge < -0.3 is 5.32 Å². The van der Waals surface area contributed by atoms with Crippen LogP contribution < -0.4 is 5.32 Å². The van der Waals surface area contributed by atoms with Gasteiger partial charge in [0.25, 0.3) is 5.91 Å². The van der Waals surface area contributed by atoms with Crippen molar-refractivity contribution in [1.82, 2.24) is 10.3 Å². The van der Waals surface area contributed by atoms with Crippen LogP contribution in [-0.4, -0.2) is 10.9 Å². The number of nitrogens with one attached hydrogen (secondary N) is 1. The zero-order chi connectivity index (χ0) is 12.3. The lowest BCUT2D eigenvalue weighted by Crippen LogP contribution is -2.23. The first-order chi connectivity index (χ1) is 8.16. The Hall–Kier alpha value is -0.910. The molecule has 0 saturated heterocycles. The van der Waals surface area contributed by atoms with Gasteiger partial charge in [0.05, 0.1) is 6.54 Å². The number of thiophene rings is 1. The zero-order valence-corrected chi connectivity index (χ0v) is 11.8. The number of hydrogen-bond acceptors (Lipinski definition) is 3. The zero-order valence-electron chi connectivity index (χ0n) is 8.61. The summed E-state index contributed by atoms with van der Waals surface area (Å²) in [5, 5.41) is 5.25. The third-order valence-corrected chi connectivity index (χ3v) is 4.22. The molecule has 2 heterocycles. The maximum absolute atomic E-state index is 11.8. The second-order valence-corrected chi connectivity index (χ2v) is 5.53. The minimum absolute atomic E-state index is 0.229. The predicted octanol–water partition coefficient (Wildman–Crippen LogP) is 3.49. The van der Waals surface area contributed by atoms with E-state index in [1.54, 1.807) is 23.5 Å². The molecule has 6 heteroatoms. The molecular weight excluding hydrogens is 324 g/mol. The van der Waals surface area contributed by atoms with Crippen LogP contribution in [0.4, 0.5) is 0 Å². The molecule has 3 nitrogen and oxygen atoms in total. The van der Waals surface area contributed by atoms with Crippen LogP contribution in [0, 0.1) is 0 Å². The lowest BCUT2D eigenvalue weighted by atomic mass is 10.3. The summed E-state index contributed by atoms with van der Waals surface area (Å²) in [4.78, 5) is 16.8. The fourth-order valence-electron chi connectivity index (χ4n) is 1.23. The van der Waals surface area contributed by atoms with Gasteiger partial charge in [-0.2, -0.15) is 0 Å². The summed E-state index contributed by atoms with van der Waals surface area (Å²) in [6, 6.07) is 5.12. The SMILES string of the molecule is O=C(NCc1sccc1Br)c1cc(Cl)ccn1. The Kier molecular flexibility index (Phi) is 4.15. The smallest absolute Gasteiger partial charge is 0.270 e. The number of aromatic nitrogens is 1. The molecule has 2 rings (SSSR count). The Balaban J connectivity index is 2.01. The molecule has 0 aliphatic carbocycles. The van der Waals surface area contributed by atoms with E-state index in [9.17, 15) is 4.79 Å². The van der Waals surface area contributed by atoms with Gasteiger partial charge in [0.2, 0.25) is 0 Å². The second kappa shape index (κ2) is 5.62. The molecule has 0 radical (unpaired) electrons. The molecule has 0 bridgehead atoms. The van der Waals surface area contributed by atoms with Gasteiger partial charge in [-0.15, -0.1) is 11.3 Å². The standard InChI is InChI=1S/C11H8BrClN2OS/c12-8-2-4-17-10(8)6-15-11(16)9-5-7(13)1-3-14-9/h1-5H,6H2,(H,15,16). The third-order valence-electron chi connectivity index (χ3n) is 2.06. The van der Waals surface area contributed by atoms with Crippen LogP contribution in [-0.2, 0) is 6.54 Å². The van der Waals surface area contributed by atoms with E-state index in [0.29, 0.717) is 17.3 Å². The largest absolute Gasteiger partial charge is 0.346 e. The van der Waals surface area contributed by atoms with Crippen molar-refractivity contribution in [1.29, 1.82) is 0 Å². The topological polar surface area (TPSA) is 42.0 Å². The first kappa shape index (κ1) is 12.5. The minimum Gasteiger partial charge on any atom is -0.346 e. The normalized spacial score (nSPS) is 10.2. The predicted molar refractivity (Wildman–Crippen MR) is 72.4 cm³/mol. The van der Waals surface area contributed by atoms with Gasteiger partial charge >= 0.3 is 0 Å². The molecule has 0 fully saturated rings. The van der Waals surface area contributed by atoms with Crippen molar-refractivity contribution in [3.63, 3.8) is 0 Å². The van der Waals surface area contributed by atoms with E-state index in [-0.39, 0.29) is 5.91 Å². The van der Waals surface area contributed by atoms with Gasteiger partial charge in [0.15, 0.2) is 0 Å². The van der Waals surface area contributed by atoms with Crippen molar-refractivity contribution in [2.24, 2.45) is 0 Å². The highest BCUT2D eigenvalue weighted by Gasteiger charge is 2.08. The average molecular weight is 332 g/mol. The first-order valence-corrected chi connectivity index (χ1v) is 6.83. The maximum atomic E-state index is 11.8. The summed E-state index contributed by atoms with van der Waals surface area (Å²) >= 11 is 10.8. The van der Waals surface area contributed by atoms with Crippen LogP contribution in [0.3, 0.4) is 0 Å². The van der Waals surface area contributed by atoms with Crippen molar-refractivity contribution in [2.75, 3.05) is 0 Å². The Morgan fingerprint density at radius 2 is 2.35 bits per heavy atom. The number of carbonyl (C=O) groups excluding carboxylic acids is 1. The van der Waals surface area contributed by atoms with Crippen molar-refractivity contribution in [3.8, 4) is 0 Å². The molecule has 0 spiro atoms. The van der Waals surface area contributed by atoms with Crippen molar-refractivity contribution >= 4 is 44.8 Å². The monoisotopic (exact) mass is 330 g/mol. The molecule has 0 aliphatic rings. The van der Waals surface area contributed by atoms with E-state index in [2.05, 4.69) is 26.2 Å². The van der Waals surface area contributed by atoms with Crippen LogP contribution >= 0.6 is 38.9 Å². The van der Waals surface area contributed by atoms with E-state index in [1.165, 1.54) is 6.20 Å². The van der Waals surface area contributed by atoms with E-state index in [1.807, 2.05) is 11.4 Å². The van der Waals surface area contributed by atoms with Crippen LogP contribution in [0.25, 0.3) is 0 Å². The molecule has 2 aromatic rings. The molecule has 88 valence electrons. The lowest BCUT2D eigenvalue weighted by molar-refractivity contribution is 0.0946. The Morgan fingerprint density at radius 3 is 3.00 bits per heavy atom. The highest BCUT2D eigenvalue weighted by Crippen LogP contribution is 2.22. The van der Waals surface area contributed by atoms with Crippen LogP contribution in [0.15, 0.2) is 34.2 Å². The molecule has 0 saturated carbocycles. The summed E-state index contributed by atoms with van der Waals surface area (Å²) in [5.74, 6) is -0.229. The molecule has 2 aromatic heterocycles. The number of amides is 1. The fraction of sp³-hybridized carbons (Fsp3) is 0.0909. The van der Waals surface area contributed by atoms with E-state index in [4.69, 9.17) is 11.6 Å². The van der Waals surface area contributed by atoms with Gasteiger partial charge in [0, 0.05) is 20.6 Å². The van der Waals surface area contributed by atoms with E-state index >= 15 is 0 Å². The van der Waals surface area contributed by atoms with Gasteiger partial charge in [-0.25, -0.2) is 0 Å². The van der Waals surface area contributed by atoms with E-state index in [0.717, 1.165) is 9.35 Å². The number of nitrogens with zero attached hydrogens (tertiary/aromatic N) is 1. The molecule has 0 atom stereocenters. The van der Waals surface area contributed by atoms with Crippen LogP contribution in [0.2, 0.25) is 5.02 Å². The number of pyridine rings is 1. The lowest BCUT2D eigenvalue weighted by Gasteiger charge is -2.03. The number of hydrogen-bond donors (Lipinski definition) is 1. The van der Waals surface area contributed by atoms with Crippen molar-refractivity contribution in [3.05, 3.63) is 49.8 Å². The van der Waals surface area contributed by atoms with Gasteiger partial charge in [-0.3, -0.25) is 9.78 Å². The van der Waals surface area contributed by atoms with Crippen molar-refractivity contribution in [2.45, 2.75) is 6.54 Å². The molecule has 0 aromatic carbocycles. The summed E-state index contributed by atoms with van der Waals surface area (Å²) in [7, 11) is 0. The summed E-state index contributed by atoms with van der Waals surface area (Å²) in [6.45, 7) is 0.477. The molecule has 1 amide bonds. The second-order valence-electron chi connectivity index (χ2n) is 3.23. The van der Waals surface area contributed by atoms with Gasteiger partial charge in [-0.1, -0.05) is 11.6 Å². The fourth-order valence-corrected chi connectivity index (χ4v) is 2.82. The Labute approximate surface area is 116 Å². The summed E-state index contributed by atoms with van der Waals surface area (Å²) in [6.07, 6.45) is 1.51. The molecular formula is C11H8BrClN2OS. The third kappa shape index (κ3) is 3.28. The molecule has 1 N–H and O–H groups in total. The molecule has 0 aliphatic heterocycles. The maximum Gasteiger partial charge on any atom is 0.270 e. The highest BCUT2D eigenvalue weighted by molar-refractivity contribution is 9.10. The number of carbonyl (C=O) groups is 1. The highest BCUT2D eigenvalue weighted by atomic mass is 79.9. The summed E-state index contributed by atoms with van der Waals surface area (Å²) in [5.41, 5.74) is 0.324. The van der Waals surface area contributed by atoms with Crippen molar-refractivity contribution < 1.29 is 4.79 Å². The quantitative estimate of drug-likeness (QED) is 0.935.